The molecular formula is C28H33ClN2O5. The number of carbonyl (C=O) groups is 1. The lowest BCUT2D eigenvalue weighted by Crippen LogP contribution is -2.31. The van der Waals surface area contributed by atoms with E-state index in [0.717, 1.165) is 29.7 Å². The van der Waals surface area contributed by atoms with Crippen LogP contribution in [0.5, 0.6) is 5.75 Å². The lowest BCUT2D eigenvalue weighted by molar-refractivity contribution is -0.133. The van der Waals surface area contributed by atoms with Gasteiger partial charge in [-0.05, 0) is 87.5 Å². The van der Waals surface area contributed by atoms with Gasteiger partial charge in [0.15, 0.2) is 0 Å². The summed E-state index contributed by atoms with van der Waals surface area (Å²) in [6.45, 7) is 4.17. The van der Waals surface area contributed by atoms with Crippen LogP contribution in [0.1, 0.15) is 43.2 Å². The highest BCUT2D eigenvalue weighted by Gasteiger charge is 2.21. The number of nitrogens with one attached hydrogen (secondary N) is 1. The molecule has 1 saturated heterocycles. The third-order valence-electron chi connectivity index (χ3n) is 6.76. The number of likely N-dealkylation sites (tertiary alicyclic amines) is 1. The molecule has 1 aliphatic heterocycles. The highest BCUT2D eigenvalue weighted by molar-refractivity contribution is 6.31. The van der Waals surface area contributed by atoms with E-state index < -0.39 is 17.5 Å². The third kappa shape index (κ3) is 7.32. The number of carbonyl (C=O) groups excluding carboxylic acids is 1. The zero-order valence-electron chi connectivity index (χ0n) is 20.4. The van der Waals surface area contributed by atoms with Gasteiger partial charge in [-0.25, -0.2) is 10.3 Å². The number of ether oxygens (including phenoxy) is 1. The van der Waals surface area contributed by atoms with E-state index >= 15 is 0 Å². The number of benzene rings is 2. The summed E-state index contributed by atoms with van der Waals surface area (Å²) in [5.41, 5.74) is 3.05. The van der Waals surface area contributed by atoms with Crippen LogP contribution in [0.15, 0.2) is 57.7 Å². The van der Waals surface area contributed by atoms with Gasteiger partial charge in [-0.1, -0.05) is 30.2 Å². The summed E-state index contributed by atoms with van der Waals surface area (Å²) < 4.78 is 11.3. The van der Waals surface area contributed by atoms with E-state index in [0.29, 0.717) is 35.6 Å². The van der Waals surface area contributed by atoms with Crippen molar-refractivity contribution < 1.29 is 19.2 Å². The zero-order chi connectivity index (χ0) is 25.3. The lowest BCUT2D eigenvalue weighted by Gasteiger charge is -2.26. The molecular weight excluding hydrogens is 480 g/mol. The van der Waals surface area contributed by atoms with Crippen molar-refractivity contribution in [1.29, 1.82) is 0 Å². The Labute approximate surface area is 216 Å². The summed E-state index contributed by atoms with van der Waals surface area (Å²) in [7, 11) is 0. The monoisotopic (exact) mass is 512 g/mol. The van der Waals surface area contributed by atoms with Crippen molar-refractivity contribution in [2.45, 2.75) is 44.9 Å². The molecule has 0 aliphatic carbocycles. The van der Waals surface area contributed by atoms with Crippen LogP contribution in [0.2, 0.25) is 5.02 Å². The molecule has 2 heterocycles. The second-order valence-corrected chi connectivity index (χ2v) is 9.84. The maximum absolute atomic E-state index is 12.5. The van der Waals surface area contributed by atoms with Crippen molar-refractivity contribution in [3.05, 3.63) is 75.1 Å². The van der Waals surface area contributed by atoms with Crippen LogP contribution in [-0.4, -0.2) is 42.3 Å². The van der Waals surface area contributed by atoms with Gasteiger partial charge >= 0.3 is 5.63 Å². The molecule has 1 unspecified atom stereocenters. The van der Waals surface area contributed by atoms with Crippen LogP contribution in [0.3, 0.4) is 0 Å². The van der Waals surface area contributed by atoms with E-state index in [1.54, 1.807) is 29.7 Å². The van der Waals surface area contributed by atoms with Gasteiger partial charge in [-0.15, -0.1) is 0 Å². The normalized spacial score (nSPS) is 15.1. The Morgan fingerprint density at radius 2 is 1.89 bits per heavy atom. The summed E-state index contributed by atoms with van der Waals surface area (Å²) in [4.78, 5) is 27.3. The Balaban J connectivity index is 1.30. The molecule has 36 heavy (non-hydrogen) atoms. The zero-order valence-corrected chi connectivity index (χ0v) is 21.1. The molecule has 7 nitrogen and oxygen atoms in total. The van der Waals surface area contributed by atoms with Crippen molar-refractivity contribution in [3.63, 3.8) is 0 Å². The fourth-order valence-electron chi connectivity index (χ4n) is 4.71. The Hall–Kier alpha value is -2.87. The number of fused-ring (bicyclic) bond motifs is 1. The van der Waals surface area contributed by atoms with E-state index in [4.69, 9.17) is 20.8 Å². The number of rotatable bonds is 11. The maximum atomic E-state index is 12.5. The molecule has 1 atom stereocenters. The predicted octanol–water partition coefficient (Wildman–Crippen LogP) is 5.00. The summed E-state index contributed by atoms with van der Waals surface area (Å²) in [6.07, 6.45) is 6.19. The van der Waals surface area contributed by atoms with Crippen molar-refractivity contribution in [2.75, 3.05) is 26.2 Å². The predicted molar refractivity (Wildman–Crippen MR) is 140 cm³/mol. The van der Waals surface area contributed by atoms with Gasteiger partial charge in [0, 0.05) is 34.5 Å². The Morgan fingerprint density at radius 3 is 2.64 bits per heavy atom. The van der Waals surface area contributed by atoms with Gasteiger partial charge in [-0.3, -0.25) is 10.0 Å². The highest BCUT2D eigenvalue weighted by atomic mass is 35.5. The SMILES string of the molecule is O=C(NO)C(CCc1ccc(OCCCN2CCCCC2)cc1)Cc1cc2ccc(Cl)cc2oc1=O. The Morgan fingerprint density at radius 1 is 1.11 bits per heavy atom. The molecule has 0 spiro atoms. The van der Waals surface area contributed by atoms with E-state index in [2.05, 4.69) is 4.90 Å². The fourth-order valence-corrected chi connectivity index (χ4v) is 4.87. The Kier molecular flexibility index (Phi) is 9.39. The third-order valence-corrected chi connectivity index (χ3v) is 6.99. The van der Waals surface area contributed by atoms with Gasteiger partial charge in [0.2, 0.25) is 5.91 Å². The molecule has 8 heteroatoms. The first kappa shape index (κ1) is 26.2. The van der Waals surface area contributed by atoms with E-state index in [-0.39, 0.29) is 6.42 Å². The summed E-state index contributed by atoms with van der Waals surface area (Å²) in [5.74, 6) is -0.288. The second kappa shape index (κ2) is 12.9. The minimum Gasteiger partial charge on any atom is -0.494 e. The molecule has 1 amide bonds. The average Bonchev–Trinajstić information content (AvgIpc) is 2.90. The number of amides is 1. The number of hydrogen-bond donors (Lipinski definition) is 2. The van der Waals surface area contributed by atoms with Crippen LogP contribution in [0, 0.1) is 5.92 Å². The molecule has 1 fully saturated rings. The molecule has 0 bridgehead atoms. The fraction of sp³-hybridized carbons (Fsp3) is 0.429. The summed E-state index contributed by atoms with van der Waals surface area (Å²) in [6, 6.07) is 14.6. The van der Waals surface area contributed by atoms with Gasteiger partial charge in [0.05, 0.1) is 6.61 Å². The first-order chi connectivity index (χ1) is 17.5. The topological polar surface area (TPSA) is 92.0 Å². The molecule has 0 saturated carbocycles. The number of hydroxylamine groups is 1. The summed E-state index contributed by atoms with van der Waals surface area (Å²) >= 11 is 5.97. The van der Waals surface area contributed by atoms with Crippen molar-refractivity contribution >= 4 is 28.5 Å². The smallest absolute Gasteiger partial charge is 0.339 e. The van der Waals surface area contributed by atoms with Crippen molar-refractivity contribution in [3.8, 4) is 5.75 Å². The molecule has 2 aromatic carbocycles. The highest BCUT2D eigenvalue weighted by Crippen LogP contribution is 2.22. The van der Waals surface area contributed by atoms with Gasteiger partial charge < -0.3 is 14.1 Å². The first-order valence-electron chi connectivity index (χ1n) is 12.6. The number of halogens is 1. The van der Waals surface area contributed by atoms with Crippen molar-refractivity contribution in [1.82, 2.24) is 10.4 Å². The minimum absolute atomic E-state index is 0.158. The molecule has 1 aliphatic rings. The second-order valence-electron chi connectivity index (χ2n) is 9.41. The number of piperidine rings is 1. The number of hydrogen-bond acceptors (Lipinski definition) is 6. The van der Waals surface area contributed by atoms with Crippen LogP contribution >= 0.6 is 11.6 Å². The van der Waals surface area contributed by atoms with Crippen molar-refractivity contribution in [2.24, 2.45) is 5.92 Å². The van der Waals surface area contributed by atoms with Crippen LogP contribution in [0.4, 0.5) is 0 Å². The number of aryl methyl sites for hydroxylation is 1. The van der Waals surface area contributed by atoms with Gasteiger partial charge in [0.1, 0.15) is 11.3 Å². The molecule has 2 N–H and O–H groups in total. The van der Waals surface area contributed by atoms with E-state index in [1.165, 1.54) is 32.4 Å². The quantitative estimate of drug-likeness (QED) is 0.163. The Bertz CT molecular complexity index is 1200. The van der Waals surface area contributed by atoms with Crippen LogP contribution < -0.4 is 15.8 Å². The largest absolute Gasteiger partial charge is 0.494 e. The van der Waals surface area contributed by atoms with Crippen LogP contribution in [0.25, 0.3) is 11.0 Å². The average molecular weight is 513 g/mol. The molecule has 0 radical (unpaired) electrons. The standard InChI is InChI=1S/C28H33ClN2O5/c29-24-10-9-21-17-23(28(33)36-26(21)19-24)18-22(27(32)30-34)8-5-20-6-11-25(12-7-20)35-16-4-15-31-13-2-1-3-14-31/h6-7,9-12,17,19,22,34H,1-5,8,13-16,18H2,(H,30,32). The van der Waals surface area contributed by atoms with Crippen LogP contribution in [-0.2, 0) is 17.6 Å². The lowest BCUT2D eigenvalue weighted by atomic mass is 9.92. The molecule has 1 aromatic heterocycles. The molecule has 192 valence electrons. The maximum Gasteiger partial charge on any atom is 0.339 e. The van der Waals surface area contributed by atoms with E-state index in [9.17, 15) is 14.8 Å². The van der Waals surface area contributed by atoms with Gasteiger partial charge in [0.25, 0.3) is 0 Å². The number of nitrogens with zero attached hydrogens (tertiary/aromatic N) is 1. The molecule has 3 aromatic rings. The minimum atomic E-state index is -0.589. The summed E-state index contributed by atoms with van der Waals surface area (Å²) in [5, 5.41) is 10.4. The first-order valence-corrected chi connectivity index (χ1v) is 13.0. The van der Waals surface area contributed by atoms with E-state index in [1.807, 2.05) is 24.3 Å². The molecule has 4 rings (SSSR count). The van der Waals surface area contributed by atoms with Gasteiger partial charge in [-0.2, -0.15) is 0 Å².